The van der Waals surface area contributed by atoms with Gasteiger partial charge in [-0.1, -0.05) is 135 Å². The first-order valence-corrected chi connectivity index (χ1v) is 18.4. The molecule has 1 atom stereocenters. The molecule has 0 bridgehead atoms. The van der Waals surface area contributed by atoms with Gasteiger partial charge in [-0.3, -0.25) is 0 Å². The number of rotatable bonds is 4. The van der Waals surface area contributed by atoms with Crippen molar-refractivity contribution < 1.29 is 0 Å². The van der Waals surface area contributed by atoms with E-state index in [1.54, 1.807) is 0 Å². The Labute approximate surface area is 308 Å². The molecule has 0 saturated heterocycles. The Balaban J connectivity index is 1.28. The summed E-state index contributed by atoms with van der Waals surface area (Å²) in [5, 5.41) is 8.83. The zero-order valence-electron chi connectivity index (χ0n) is 29.6. The molecule has 4 nitrogen and oxygen atoms in total. The van der Waals surface area contributed by atoms with Crippen LogP contribution in [-0.4, -0.2) is 15.0 Å². The highest BCUT2D eigenvalue weighted by atomic mass is 15.1. The Morgan fingerprint density at radius 2 is 1.11 bits per heavy atom. The van der Waals surface area contributed by atoms with Crippen LogP contribution in [0.5, 0.6) is 0 Å². The number of aromatic nitrogens is 2. The van der Waals surface area contributed by atoms with Crippen LogP contribution in [0, 0.1) is 0 Å². The maximum absolute atomic E-state index is 5.13. The molecule has 252 valence electrons. The van der Waals surface area contributed by atoms with Crippen molar-refractivity contribution in [1.29, 1.82) is 0 Å². The van der Waals surface area contributed by atoms with E-state index in [4.69, 9.17) is 4.99 Å². The zero-order valence-corrected chi connectivity index (χ0v) is 29.6. The van der Waals surface area contributed by atoms with Crippen LogP contribution in [0.2, 0.25) is 0 Å². The van der Waals surface area contributed by atoms with E-state index >= 15 is 0 Å². The summed E-state index contributed by atoms with van der Waals surface area (Å²) < 4.78 is 4.91. The molecule has 2 aliphatic rings. The van der Waals surface area contributed by atoms with Gasteiger partial charge in [-0.25, -0.2) is 4.99 Å². The number of hydrogen-bond donors (Lipinski definition) is 1. The first-order valence-electron chi connectivity index (χ1n) is 18.4. The summed E-state index contributed by atoms with van der Waals surface area (Å²) in [6.07, 6.45) is 2.10. The molecule has 53 heavy (non-hydrogen) atoms. The fraction of sp³-hybridized carbons (Fsp3) is 0.0816. The smallest absolute Gasteiger partial charge is 0.134 e. The Hall–Kier alpha value is -6.65. The van der Waals surface area contributed by atoms with E-state index in [1.807, 2.05) is 6.07 Å². The van der Waals surface area contributed by atoms with Crippen LogP contribution in [-0.2, 0) is 5.41 Å². The van der Waals surface area contributed by atoms with Crippen molar-refractivity contribution in [2.45, 2.75) is 25.3 Å². The fourth-order valence-electron chi connectivity index (χ4n) is 9.10. The molecule has 1 N–H and O–H groups in total. The van der Waals surface area contributed by atoms with Crippen molar-refractivity contribution in [3.8, 4) is 16.8 Å². The molecule has 2 aromatic heterocycles. The molecule has 1 unspecified atom stereocenters. The summed E-state index contributed by atoms with van der Waals surface area (Å²) in [7, 11) is 0. The van der Waals surface area contributed by atoms with Crippen LogP contribution < -0.4 is 5.32 Å². The van der Waals surface area contributed by atoms with Gasteiger partial charge in [-0.05, 0) is 70.3 Å². The van der Waals surface area contributed by atoms with E-state index in [9.17, 15) is 0 Å². The van der Waals surface area contributed by atoms with Crippen LogP contribution >= 0.6 is 0 Å². The van der Waals surface area contributed by atoms with Crippen molar-refractivity contribution in [3.63, 3.8) is 0 Å². The van der Waals surface area contributed by atoms with Gasteiger partial charge in [0.15, 0.2) is 0 Å². The Morgan fingerprint density at radius 3 is 1.91 bits per heavy atom. The summed E-state index contributed by atoms with van der Waals surface area (Å²) >= 11 is 0. The number of hydrogen-bond acceptors (Lipinski definition) is 2. The number of nitrogens with zero attached hydrogens (tertiary/aromatic N) is 3. The minimum absolute atomic E-state index is 0.120. The first kappa shape index (κ1) is 30.0. The summed E-state index contributed by atoms with van der Waals surface area (Å²) in [6, 6.07) is 59.3. The molecular weight excluding hydrogens is 645 g/mol. The average molecular weight is 681 g/mol. The highest BCUT2D eigenvalue weighted by Crippen LogP contribution is 2.52. The molecule has 0 radical (unpaired) electrons. The summed E-state index contributed by atoms with van der Waals surface area (Å²) in [6.45, 7) is 4.74. The van der Waals surface area contributed by atoms with E-state index < -0.39 is 0 Å². The van der Waals surface area contributed by atoms with E-state index in [0.29, 0.717) is 0 Å². The van der Waals surface area contributed by atoms with Gasteiger partial charge in [0.2, 0.25) is 0 Å². The molecule has 1 aliphatic carbocycles. The molecule has 9 aromatic rings. The second-order valence-corrected chi connectivity index (χ2v) is 14.9. The monoisotopic (exact) mass is 680 g/mol. The normalized spacial score (nSPS) is 16.1. The van der Waals surface area contributed by atoms with Gasteiger partial charge in [0.25, 0.3) is 0 Å². The zero-order chi connectivity index (χ0) is 35.3. The standard InChI is InChI=1S/C49H36N4/c1-49(2)40-24-14-12-22-34(40)36-27-44-37(26-41(36)49)39-29-43-38(35-23-13-15-25-42(35)52(43)33-20-10-5-11-21-33)28-45(39)53(44)46-30-50-48(32-18-8-4-9-19-32)51-47(46)31-16-6-3-7-17-31/h3-30,47H,1-2H3,(H,50,51). The maximum atomic E-state index is 5.13. The van der Waals surface area contributed by atoms with Crippen molar-refractivity contribution >= 4 is 55.1 Å². The van der Waals surface area contributed by atoms with Crippen LogP contribution in [0.3, 0.4) is 0 Å². The van der Waals surface area contributed by atoms with Gasteiger partial charge in [-0.15, -0.1) is 0 Å². The summed E-state index contributed by atoms with van der Waals surface area (Å²) in [5.74, 6) is 0.869. The molecule has 1 aliphatic heterocycles. The van der Waals surface area contributed by atoms with Gasteiger partial charge in [-0.2, -0.15) is 0 Å². The molecule has 11 rings (SSSR count). The lowest BCUT2D eigenvalue weighted by molar-refractivity contribution is 0.661. The lowest BCUT2D eigenvalue weighted by atomic mass is 9.82. The van der Waals surface area contributed by atoms with Crippen LogP contribution in [0.1, 0.15) is 42.1 Å². The lowest BCUT2D eigenvalue weighted by Gasteiger charge is -2.29. The molecule has 3 heterocycles. The first-order chi connectivity index (χ1) is 26.1. The third kappa shape index (κ3) is 4.33. The largest absolute Gasteiger partial charge is 0.357 e. The average Bonchev–Trinajstić information content (AvgIpc) is 3.79. The van der Waals surface area contributed by atoms with E-state index in [-0.39, 0.29) is 11.5 Å². The van der Waals surface area contributed by atoms with Crippen LogP contribution in [0.25, 0.3) is 66.1 Å². The predicted octanol–water partition coefficient (Wildman–Crippen LogP) is 11.8. The Kier molecular flexibility index (Phi) is 6.33. The Bertz CT molecular complexity index is 2980. The quantitative estimate of drug-likeness (QED) is 0.197. The third-order valence-corrected chi connectivity index (χ3v) is 11.6. The van der Waals surface area contributed by atoms with Gasteiger partial charge in [0.05, 0.1) is 40.0 Å². The molecule has 0 fully saturated rings. The molecule has 0 spiro atoms. The third-order valence-electron chi connectivity index (χ3n) is 11.6. The van der Waals surface area contributed by atoms with Gasteiger partial charge in [0, 0.05) is 38.2 Å². The molecule has 7 aromatic carbocycles. The summed E-state index contributed by atoms with van der Waals surface area (Å²) in [5.41, 5.74) is 14.5. The number of amidine groups is 1. The minimum atomic E-state index is -0.138. The van der Waals surface area contributed by atoms with Gasteiger partial charge >= 0.3 is 0 Å². The molecule has 0 saturated carbocycles. The van der Waals surface area contributed by atoms with E-state index in [2.05, 4.69) is 192 Å². The van der Waals surface area contributed by atoms with Crippen LogP contribution in [0.4, 0.5) is 0 Å². The van der Waals surface area contributed by atoms with Crippen LogP contribution in [0.15, 0.2) is 175 Å². The maximum Gasteiger partial charge on any atom is 0.134 e. The number of nitrogens with one attached hydrogen (secondary N) is 1. The Morgan fingerprint density at radius 1 is 0.509 bits per heavy atom. The number of benzene rings is 7. The van der Waals surface area contributed by atoms with Gasteiger partial charge in [0.1, 0.15) is 5.84 Å². The van der Waals surface area contributed by atoms with Crippen molar-refractivity contribution in [1.82, 2.24) is 14.5 Å². The highest BCUT2D eigenvalue weighted by Gasteiger charge is 2.37. The van der Waals surface area contributed by atoms with Gasteiger partial charge < -0.3 is 14.5 Å². The second-order valence-electron chi connectivity index (χ2n) is 14.9. The lowest BCUT2D eigenvalue weighted by Crippen LogP contribution is -2.33. The number of fused-ring (bicyclic) bond motifs is 9. The summed E-state index contributed by atoms with van der Waals surface area (Å²) in [4.78, 5) is 5.13. The SMILES string of the molecule is CC1(C)c2ccccc2-c2cc3c(cc21)c1cc2c(cc1n3C1=CN=C(c3ccccc3)NC1c1ccccc1)c1ccccc1n2-c1ccccc1. The van der Waals surface area contributed by atoms with Crippen molar-refractivity contribution in [2.75, 3.05) is 0 Å². The van der Waals surface area contributed by atoms with E-state index in [0.717, 1.165) is 22.8 Å². The minimum Gasteiger partial charge on any atom is -0.357 e. The van der Waals surface area contributed by atoms with Crippen molar-refractivity contribution in [2.24, 2.45) is 4.99 Å². The van der Waals surface area contributed by atoms with Crippen molar-refractivity contribution in [3.05, 3.63) is 192 Å². The number of aliphatic imine (C=N–C) groups is 1. The molecular formula is C49H36N4. The van der Waals surface area contributed by atoms with E-state index in [1.165, 1.54) is 71.4 Å². The fourth-order valence-corrected chi connectivity index (χ4v) is 9.10. The molecule has 4 heteroatoms. The highest BCUT2D eigenvalue weighted by molar-refractivity contribution is 6.20. The second kappa shape index (κ2) is 11.2. The predicted molar refractivity (Wildman–Crippen MR) is 221 cm³/mol. The number of para-hydroxylation sites is 2. The molecule has 0 amide bonds. The topological polar surface area (TPSA) is 34.2 Å².